The van der Waals surface area contributed by atoms with E-state index in [2.05, 4.69) is 20.6 Å². The van der Waals surface area contributed by atoms with E-state index in [0.29, 0.717) is 0 Å². The van der Waals surface area contributed by atoms with Crippen LogP contribution in [0.5, 0.6) is 0 Å². The number of amides is 1. The number of nitrogens with one attached hydrogen (secondary N) is 2. The first-order valence-corrected chi connectivity index (χ1v) is 7.61. The maximum absolute atomic E-state index is 13.7. The molecule has 1 amide bonds. The molecule has 0 radical (unpaired) electrons. The Hall–Kier alpha value is -3.13. The predicted molar refractivity (Wildman–Crippen MR) is 91.0 cm³/mol. The molecule has 0 aliphatic carbocycles. The van der Waals surface area contributed by atoms with Crippen molar-refractivity contribution in [1.29, 1.82) is 0 Å². The van der Waals surface area contributed by atoms with Crippen molar-refractivity contribution in [1.82, 2.24) is 9.97 Å². The second-order valence-corrected chi connectivity index (χ2v) is 5.50. The second kappa shape index (κ2) is 7.40. The summed E-state index contributed by atoms with van der Waals surface area (Å²) in [6.07, 6.45) is 1.06. The van der Waals surface area contributed by atoms with Crippen molar-refractivity contribution in [3.05, 3.63) is 77.0 Å². The summed E-state index contributed by atoms with van der Waals surface area (Å²) in [5, 5.41) is 4.80. The van der Waals surface area contributed by atoms with Gasteiger partial charge in [-0.05, 0) is 30.3 Å². The van der Waals surface area contributed by atoms with E-state index in [0.717, 1.165) is 24.5 Å². The van der Waals surface area contributed by atoms with Crippen LogP contribution in [0.15, 0.2) is 48.8 Å². The van der Waals surface area contributed by atoms with Crippen LogP contribution in [0.3, 0.4) is 0 Å². The van der Waals surface area contributed by atoms with Crippen molar-refractivity contribution < 1.29 is 18.0 Å². The number of benzene rings is 2. The second-order valence-electron chi connectivity index (χ2n) is 5.09. The smallest absolute Gasteiger partial charge is 0.274 e. The zero-order chi connectivity index (χ0) is 18.7. The summed E-state index contributed by atoms with van der Waals surface area (Å²) in [7, 11) is 0. The molecular formula is C17H10ClF3N4O. The molecule has 9 heteroatoms. The van der Waals surface area contributed by atoms with Crippen LogP contribution in [0.1, 0.15) is 10.5 Å². The Morgan fingerprint density at radius 1 is 0.962 bits per heavy atom. The molecule has 3 aromatic rings. The maximum Gasteiger partial charge on any atom is 0.274 e. The average molecular weight is 379 g/mol. The lowest BCUT2D eigenvalue weighted by molar-refractivity contribution is 0.102. The Balaban J connectivity index is 1.80. The lowest BCUT2D eigenvalue weighted by atomic mass is 10.2. The minimum absolute atomic E-state index is 0.0197. The Morgan fingerprint density at radius 2 is 1.69 bits per heavy atom. The summed E-state index contributed by atoms with van der Waals surface area (Å²) >= 11 is 5.66. The molecule has 1 heterocycles. The maximum atomic E-state index is 13.7. The van der Waals surface area contributed by atoms with E-state index in [4.69, 9.17) is 11.6 Å². The van der Waals surface area contributed by atoms with Gasteiger partial charge in [-0.2, -0.15) is 0 Å². The number of carbonyl (C=O) groups is 1. The molecule has 0 saturated heterocycles. The largest absolute Gasteiger partial charge is 0.335 e. The highest BCUT2D eigenvalue weighted by Crippen LogP contribution is 2.23. The van der Waals surface area contributed by atoms with Gasteiger partial charge in [0.2, 0.25) is 0 Å². The highest BCUT2D eigenvalue weighted by Gasteiger charge is 2.13. The molecule has 26 heavy (non-hydrogen) atoms. The van der Waals surface area contributed by atoms with Gasteiger partial charge in [0.15, 0.2) is 0 Å². The fourth-order valence-electron chi connectivity index (χ4n) is 2.06. The van der Waals surface area contributed by atoms with Crippen molar-refractivity contribution in [2.45, 2.75) is 0 Å². The van der Waals surface area contributed by atoms with E-state index in [1.807, 2.05) is 0 Å². The third-order valence-corrected chi connectivity index (χ3v) is 3.58. The molecule has 2 N–H and O–H groups in total. The number of anilines is 3. The summed E-state index contributed by atoms with van der Waals surface area (Å²) in [4.78, 5) is 19.9. The number of hydrogen-bond donors (Lipinski definition) is 2. The van der Waals surface area contributed by atoms with Crippen LogP contribution in [-0.4, -0.2) is 15.9 Å². The molecule has 0 spiro atoms. The third kappa shape index (κ3) is 3.92. The van der Waals surface area contributed by atoms with Crippen LogP contribution >= 0.6 is 11.6 Å². The molecule has 0 aliphatic heterocycles. The van der Waals surface area contributed by atoms with Crippen molar-refractivity contribution in [2.75, 3.05) is 10.6 Å². The highest BCUT2D eigenvalue weighted by molar-refractivity contribution is 6.31. The van der Waals surface area contributed by atoms with E-state index >= 15 is 0 Å². The Kier molecular flexibility index (Phi) is 5.04. The van der Waals surface area contributed by atoms with Gasteiger partial charge in [-0.1, -0.05) is 17.7 Å². The van der Waals surface area contributed by atoms with Gasteiger partial charge in [-0.15, -0.1) is 0 Å². The standard InChI is InChI=1S/C17H10ClF3N4O/c18-10-6-9(4-5-11(10)19)24-17(26)14-7-15(23-8-22-14)25-16-12(20)2-1-3-13(16)21/h1-8H,(H,24,26)(H,22,23,25). The Bertz CT molecular complexity index is 964. The molecule has 0 saturated carbocycles. The molecule has 0 aliphatic rings. The van der Waals surface area contributed by atoms with E-state index in [1.54, 1.807) is 0 Å². The van der Waals surface area contributed by atoms with E-state index in [1.165, 1.54) is 24.3 Å². The first-order valence-electron chi connectivity index (χ1n) is 7.23. The van der Waals surface area contributed by atoms with Gasteiger partial charge in [-0.25, -0.2) is 23.1 Å². The van der Waals surface area contributed by atoms with Crippen LogP contribution in [0.2, 0.25) is 5.02 Å². The number of hydrogen-bond acceptors (Lipinski definition) is 4. The quantitative estimate of drug-likeness (QED) is 0.699. The number of rotatable bonds is 4. The molecule has 0 atom stereocenters. The molecule has 0 bridgehead atoms. The third-order valence-electron chi connectivity index (χ3n) is 3.29. The van der Waals surface area contributed by atoms with Crippen LogP contribution in [0.25, 0.3) is 0 Å². The molecule has 132 valence electrons. The Labute approximate surface area is 150 Å². The molecule has 5 nitrogen and oxygen atoms in total. The number of nitrogens with zero attached hydrogens (tertiary/aromatic N) is 2. The zero-order valence-electron chi connectivity index (χ0n) is 12.9. The normalized spacial score (nSPS) is 10.5. The summed E-state index contributed by atoms with van der Waals surface area (Å²) in [5.74, 6) is -2.85. The molecule has 2 aromatic carbocycles. The summed E-state index contributed by atoms with van der Waals surface area (Å²) in [6, 6.07) is 8.27. The summed E-state index contributed by atoms with van der Waals surface area (Å²) in [5.41, 5.74) is -0.211. The van der Waals surface area contributed by atoms with Crippen LogP contribution in [-0.2, 0) is 0 Å². The van der Waals surface area contributed by atoms with Gasteiger partial charge in [0, 0.05) is 11.8 Å². The highest BCUT2D eigenvalue weighted by atomic mass is 35.5. The van der Waals surface area contributed by atoms with Crippen LogP contribution in [0, 0.1) is 17.5 Å². The number of aromatic nitrogens is 2. The molecular weight excluding hydrogens is 369 g/mol. The van der Waals surface area contributed by atoms with Crippen LogP contribution < -0.4 is 10.6 Å². The van der Waals surface area contributed by atoms with Gasteiger partial charge in [0.25, 0.3) is 5.91 Å². The van der Waals surface area contributed by atoms with E-state index < -0.39 is 29.0 Å². The topological polar surface area (TPSA) is 66.9 Å². The minimum Gasteiger partial charge on any atom is -0.335 e. The number of carbonyl (C=O) groups excluding carboxylic acids is 1. The van der Waals surface area contributed by atoms with Gasteiger partial charge < -0.3 is 10.6 Å². The lowest BCUT2D eigenvalue weighted by Gasteiger charge is -2.09. The molecule has 0 unspecified atom stereocenters. The predicted octanol–water partition coefficient (Wildman–Crippen LogP) is 4.54. The molecule has 3 rings (SSSR count). The fourth-order valence-corrected chi connectivity index (χ4v) is 2.24. The molecule has 1 aromatic heterocycles. The number of para-hydroxylation sites is 1. The summed E-state index contributed by atoms with van der Waals surface area (Å²) in [6.45, 7) is 0. The summed E-state index contributed by atoms with van der Waals surface area (Å²) < 4.78 is 40.5. The fraction of sp³-hybridized carbons (Fsp3) is 0. The number of halogens is 4. The monoisotopic (exact) mass is 378 g/mol. The van der Waals surface area contributed by atoms with E-state index in [9.17, 15) is 18.0 Å². The van der Waals surface area contributed by atoms with Crippen molar-refractivity contribution in [2.24, 2.45) is 0 Å². The minimum atomic E-state index is -0.810. The van der Waals surface area contributed by atoms with E-state index in [-0.39, 0.29) is 22.2 Å². The van der Waals surface area contributed by atoms with Crippen molar-refractivity contribution >= 4 is 34.7 Å². The molecule has 0 fully saturated rings. The first kappa shape index (κ1) is 17.7. The van der Waals surface area contributed by atoms with Gasteiger partial charge >= 0.3 is 0 Å². The van der Waals surface area contributed by atoms with Crippen molar-refractivity contribution in [3.8, 4) is 0 Å². The lowest BCUT2D eigenvalue weighted by Crippen LogP contribution is -2.14. The van der Waals surface area contributed by atoms with Crippen LogP contribution in [0.4, 0.5) is 30.4 Å². The zero-order valence-corrected chi connectivity index (χ0v) is 13.7. The van der Waals surface area contributed by atoms with Gasteiger partial charge in [-0.3, -0.25) is 4.79 Å². The average Bonchev–Trinajstić information content (AvgIpc) is 2.62. The first-order chi connectivity index (χ1) is 12.4. The Morgan fingerprint density at radius 3 is 2.38 bits per heavy atom. The SMILES string of the molecule is O=C(Nc1ccc(F)c(Cl)c1)c1cc(Nc2c(F)cccc2F)ncn1. The van der Waals surface area contributed by atoms with Gasteiger partial charge in [0.1, 0.15) is 41.0 Å². The van der Waals surface area contributed by atoms with Gasteiger partial charge in [0.05, 0.1) is 5.02 Å². The van der Waals surface area contributed by atoms with Crippen molar-refractivity contribution in [3.63, 3.8) is 0 Å².